The second kappa shape index (κ2) is 10.4. The van der Waals surface area contributed by atoms with Crippen LogP contribution in [-0.4, -0.2) is 34.1 Å². The van der Waals surface area contributed by atoms with E-state index in [1.165, 1.54) is 35.2 Å². The molecule has 3 rings (SSSR count). The standard InChI is InChI=1S/C21H23FN4OS2/c1-3-26(4-2)19(27)18(16-8-6-5-7-9-16)28-21-25-24-20(29-21)23-14-15-10-12-17(22)13-11-15/h5-13,18H,3-4,14H2,1-2H3,(H,23,24). The highest BCUT2D eigenvalue weighted by Crippen LogP contribution is 2.39. The molecule has 0 bridgehead atoms. The summed E-state index contributed by atoms with van der Waals surface area (Å²) in [6.07, 6.45) is 0. The fourth-order valence-corrected chi connectivity index (χ4v) is 4.82. The number of hydrogen-bond donors (Lipinski definition) is 1. The molecule has 1 aromatic heterocycles. The molecule has 1 heterocycles. The highest BCUT2D eigenvalue weighted by Gasteiger charge is 2.27. The minimum absolute atomic E-state index is 0.0715. The molecule has 0 saturated heterocycles. The second-order valence-corrected chi connectivity index (χ2v) is 8.60. The van der Waals surface area contributed by atoms with Gasteiger partial charge in [0, 0.05) is 19.6 Å². The first-order valence-electron chi connectivity index (χ1n) is 9.43. The van der Waals surface area contributed by atoms with Crippen LogP contribution in [0.5, 0.6) is 0 Å². The van der Waals surface area contributed by atoms with Crippen molar-refractivity contribution in [3.05, 3.63) is 71.5 Å². The fourth-order valence-electron chi connectivity index (χ4n) is 2.80. The van der Waals surface area contributed by atoms with Crippen molar-refractivity contribution >= 4 is 34.1 Å². The summed E-state index contributed by atoms with van der Waals surface area (Å²) >= 11 is 2.82. The first kappa shape index (κ1) is 21.3. The Bertz CT molecular complexity index is 914. The Morgan fingerprint density at radius 2 is 1.79 bits per heavy atom. The van der Waals surface area contributed by atoms with Gasteiger partial charge >= 0.3 is 0 Å². The summed E-state index contributed by atoms with van der Waals surface area (Å²) in [5, 5.41) is 11.9. The van der Waals surface area contributed by atoms with Gasteiger partial charge in [0.25, 0.3) is 0 Å². The van der Waals surface area contributed by atoms with E-state index in [1.807, 2.05) is 49.1 Å². The van der Waals surface area contributed by atoms with Gasteiger partial charge in [-0.25, -0.2) is 4.39 Å². The quantitative estimate of drug-likeness (QED) is 0.485. The average molecular weight is 431 g/mol. The van der Waals surface area contributed by atoms with Crippen molar-refractivity contribution in [3.63, 3.8) is 0 Å². The number of hydrogen-bond acceptors (Lipinski definition) is 6. The summed E-state index contributed by atoms with van der Waals surface area (Å²) in [5.74, 6) is -0.185. The van der Waals surface area contributed by atoms with Crippen LogP contribution in [0.3, 0.4) is 0 Å². The molecule has 1 N–H and O–H groups in total. The lowest BCUT2D eigenvalue weighted by Gasteiger charge is -2.24. The minimum atomic E-state index is -0.367. The molecule has 0 spiro atoms. The molecular formula is C21H23FN4OS2. The third kappa shape index (κ3) is 5.77. The molecule has 0 fully saturated rings. The van der Waals surface area contributed by atoms with Crippen LogP contribution in [0.1, 0.15) is 30.2 Å². The predicted octanol–water partition coefficient (Wildman–Crippen LogP) is 4.99. The zero-order valence-electron chi connectivity index (χ0n) is 16.3. The molecule has 29 heavy (non-hydrogen) atoms. The lowest BCUT2D eigenvalue weighted by Crippen LogP contribution is -2.33. The van der Waals surface area contributed by atoms with Crippen LogP contribution in [0.25, 0.3) is 0 Å². The molecule has 3 aromatic rings. The smallest absolute Gasteiger partial charge is 0.240 e. The van der Waals surface area contributed by atoms with Gasteiger partial charge in [-0.3, -0.25) is 4.79 Å². The summed E-state index contributed by atoms with van der Waals surface area (Å²) in [6, 6.07) is 16.1. The van der Waals surface area contributed by atoms with Gasteiger partial charge in [0.1, 0.15) is 11.1 Å². The van der Waals surface area contributed by atoms with Crippen LogP contribution < -0.4 is 5.32 Å². The topological polar surface area (TPSA) is 58.1 Å². The number of anilines is 1. The largest absolute Gasteiger partial charge is 0.356 e. The molecule has 0 radical (unpaired) electrons. The van der Waals surface area contributed by atoms with Gasteiger partial charge in [0.05, 0.1) is 0 Å². The lowest BCUT2D eigenvalue weighted by atomic mass is 10.1. The maximum Gasteiger partial charge on any atom is 0.240 e. The van der Waals surface area contributed by atoms with Crippen LogP contribution in [0.15, 0.2) is 58.9 Å². The zero-order valence-corrected chi connectivity index (χ0v) is 18.0. The highest BCUT2D eigenvalue weighted by atomic mass is 32.2. The highest BCUT2D eigenvalue weighted by molar-refractivity contribution is 8.01. The molecule has 1 atom stereocenters. The van der Waals surface area contributed by atoms with Gasteiger partial charge in [-0.05, 0) is 37.1 Å². The van der Waals surface area contributed by atoms with Crippen LogP contribution in [0.4, 0.5) is 9.52 Å². The predicted molar refractivity (Wildman–Crippen MR) is 117 cm³/mol. The molecule has 0 saturated carbocycles. The Labute approximate surface area is 178 Å². The summed E-state index contributed by atoms with van der Waals surface area (Å²) in [7, 11) is 0. The van der Waals surface area contributed by atoms with Gasteiger partial charge in [-0.2, -0.15) is 0 Å². The summed E-state index contributed by atoms with van der Waals surface area (Å²) in [4.78, 5) is 14.9. The third-order valence-corrected chi connectivity index (χ3v) is 6.59. The number of benzene rings is 2. The maximum absolute atomic E-state index is 13.1. The van der Waals surface area contributed by atoms with E-state index in [2.05, 4.69) is 15.5 Å². The van der Waals surface area contributed by atoms with Gasteiger partial charge < -0.3 is 10.2 Å². The molecule has 0 aliphatic carbocycles. The van der Waals surface area contributed by atoms with Crippen molar-refractivity contribution in [1.29, 1.82) is 0 Å². The molecule has 0 aliphatic heterocycles. The Morgan fingerprint density at radius 3 is 2.45 bits per heavy atom. The van der Waals surface area contributed by atoms with E-state index in [9.17, 15) is 9.18 Å². The Hall–Kier alpha value is -2.45. The molecule has 152 valence electrons. The molecule has 1 unspecified atom stereocenters. The number of likely N-dealkylation sites (N-methyl/N-ethyl adjacent to an activating group) is 1. The molecule has 2 aromatic carbocycles. The van der Waals surface area contributed by atoms with Crippen molar-refractivity contribution in [1.82, 2.24) is 15.1 Å². The maximum atomic E-state index is 13.1. The molecule has 1 amide bonds. The number of nitrogens with one attached hydrogen (secondary N) is 1. The van der Waals surface area contributed by atoms with Gasteiger partial charge in [-0.1, -0.05) is 65.6 Å². The number of rotatable bonds is 9. The average Bonchev–Trinajstić information content (AvgIpc) is 3.20. The van der Waals surface area contributed by atoms with E-state index < -0.39 is 0 Å². The number of thioether (sulfide) groups is 1. The van der Waals surface area contributed by atoms with Crippen molar-refractivity contribution in [2.75, 3.05) is 18.4 Å². The van der Waals surface area contributed by atoms with Crippen molar-refractivity contribution in [2.45, 2.75) is 30.0 Å². The fraction of sp³-hybridized carbons (Fsp3) is 0.286. The molecular weight excluding hydrogens is 407 g/mol. The van der Waals surface area contributed by atoms with Crippen molar-refractivity contribution < 1.29 is 9.18 Å². The zero-order chi connectivity index (χ0) is 20.6. The van der Waals surface area contributed by atoms with Crippen LogP contribution in [-0.2, 0) is 11.3 Å². The van der Waals surface area contributed by atoms with E-state index in [1.54, 1.807) is 12.1 Å². The van der Waals surface area contributed by atoms with Crippen LogP contribution in [0.2, 0.25) is 0 Å². The van der Waals surface area contributed by atoms with E-state index in [4.69, 9.17) is 0 Å². The third-order valence-electron chi connectivity index (χ3n) is 4.38. The number of nitrogens with zero attached hydrogens (tertiary/aromatic N) is 3. The summed E-state index contributed by atoms with van der Waals surface area (Å²) in [6.45, 7) is 5.83. The lowest BCUT2D eigenvalue weighted by molar-refractivity contribution is -0.130. The molecule has 5 nitrogen and oxygen atoms in total. The van der Waals surface area contributed by atoms with Crippen LogP contribution in [0, 0.1) is 5.82 Å². The first-order chi connectivity index (χ1) is 14.1. The minimum Gasteiger partial charge on any atom is -0.356 e. The van der Waals surface area contributed by atoms with Gasteiger partial charge in [0.15, 0.2) is 4.34 Å². The first-order valence-corrected chi connectivity index (χ1v) is 11.1. The Balaban J connectivity index is 1.71. The Kier molecular flexibility index (Phi) is 7.60. The van der Waals surface area contributed by atoms with Crippen molar-refractivity contribution in [3.8, 4) is 0 Å². The van der Waals surface area contributed by atoms with E-state index in [0.717, 1.165) is 15.5 Å². The number of halogens is 1. The van der Waals surface area contributed by atoms with E-state index in [0.29, 0.717) is 24.8 Å². The van der Waals surface area contributed by atoms with E-state index in [-0.39, 0.29) is 17.0 Å². The number of carbonyl (C=O) groups excluding carboxylic acids is 1. The summed E-state index contributed by atoms with van der Waals surface area (Å²) in [5.41, 5.74) is 1.90. The number of aromatic nitrogens is 2. The SMILES string of the molecule is CCN(CC)C(=O)C(Sc1nnc(NCc2ccc(F)cc2)s1)c1ccccc1. The van der Waals surface area contributed by atoms with Gasteiger partial charge in [-0.15, -0.1) is 10.2 Å². The molecule has 0 aliphatic rings. The second-order valence-electron chi connectivity index (χ2n) is 6.27. The Morgan fingerprint density at radius 1 is 1.10 bits per heavy atom. The number of carbonyl (C=O) groups is 1. The van der Waals surface area contributed by atoms with Crippen molar-refractivity contribution in [2.24, 2.45) is 0 Å². The monoisotopic (exact) mass is 430 g/mol. The van der Waals surface area contributed by atoms with Gasteiger partial charge in [0.2, 0.25) is 11.0 Å². The number of amides is 1. The molecule has 8 heteroatoms. The summed E-state index contributed by atoms with van der Waals surface area (Å²) < 4.78 is 13.7. The normalized spacial score (nSPS) is 11.8. The van der Waals surface area contributed by atoms with E-state index >= 15 is 0 Å². The van der Waals surface area contributed by atoms with Crippen LogP contribution >= 0.6 is 23.1 Å².